The van der Waals surface area contributed by atoms with Crippen LogP contribution in [0.2, 0.25) is 0 Å². The fourth-order valence-corrected chi connectivity index (χ4v) is 1.63. The summed E-state index contributed by atoms with van der Waals surface area (Å²) in [4.78, 5) is 13.3. The number of nitrogens with zero attached hydrogens (tertiary/aromatic N) is 1. The predicted molar refractivity (Wildman–Crippen MR) is 61.9 cm³/mol. The van der Waals surface area contributed by atoms with Gasteiger partial charge in [-0.1, -0.05) is 24.3 Å². The summed E-state index contributed by atoms with van der Waals surface area (Å²) in [6.07, 6.45) is 5.69. The van der Waals surface area contributed by atoms with Gasteiger partial charge in [-0.15, -0.1) is 0 Å². The first-order valence-electron chi connectivity index (χ1n) is 4.91. The summed E-state index contributed by atoms with van der Waals surface area (Å²) in [5, 5.41) is 0. The first-order chi connectivity index (χ1) is 7.18. The largest absolute Gasteiger partial charge is 0.318 e. The molecular weight excluding hydrogens is 186 g/mol. The summed E-state index contributed by atoms with van der Waals surface area (Å²) >= 11 is 0. The molecule has 1 aliphatic heterocycles. The van der Waals surface area contributed by atoms with Crippen LogP contribution in [-0.4, -0.2) is 17.9 Å². The molecule has 0 spiro atoms. The highest BCUT2D eigenvalue weighted by Crippen LogP contribution is 2.18. The van der Waals surface area contributed by atoms with Crippen molar-refractivity contribution in [2.45, 2.75) is 6.92 Å². The molecule has 0 bridgehead atoms. The van der Waals surface area contributed by atoms with Crippen molar-refractivity contribution in [1.29, 1.82) is 0 Å². The van der Waals surface area contributed by atoms with Crippen molar-refractivity contribution in [3.05, 3.63) is 47.2 Å². The zero-order chi connectivity index (χ0) is 10.8. The molecule has 1 amide bonds. The summed E-state index contributed by atoms with van der Waals surface area (Å²) in [5.74, 6) is 0.0424. The van der Waals surface area contributed by atoms with Gasteiger partial charge in [0.2, 0.25) is 0 Å². The highest BCUT2D eigenvalue weighted by Gasteiger charge is 2.11. The SMILES string of the molecule is CC1=Cc2ccccc2C=CN(C)C1=O. The van der Waals surface area contributed by atoms with Gasteiger partial charge in [0.1, 0.15) is 0 Å². The number of hydrogen-bond donors (Lipinski definition) is 0. The standard InChI is InChI=1S/C13H13NO/c1-10-9-12-6-4-3-5-11(12)7-8-14(2)13(10)15/h3-9H,1-2H3. The normalized spacial score (nSPS) is 15.5. The van der Waals surface area contributed by atoms with Gasteiger partial charge in [0.15, 0.2) is 0 Å². The molecule has 0 atom stereocenters. The molecule has 1 aromatic rings. The average molecular weight is 199 g/mol. The maximum Gasteiger partial charge on any atom is 0.253 e. The molecule has 0 saturated carbocycles. The van der Waals surface area contributed by atoms with Crippen LogP contribution in [0.3, 0.4) is 0 Å². The van der Waals surface area contributed by atoms with Crippen LogP contribution in [0, 0.1) is 0 Å². The molecule has 1 heterocycles. The molecule has 2 nitrogen and oxygen atoms in total. The molecule has 0 unspecified atom stereocenters. The van der Waals surface area contributed by atoms with Crippen LogP contribution in [0.5, 0.6) is 0 Å². The van der Waals surface area contributed by atoms with E-state index in [4.69, 9.17) is 0 Å². The Morgan fingerprint density at radius 2 is 1.80 bits per heavy atom. The second-order valence-corrected chi connectivity index (χ2v) is 3.69. The molecule has 2 rings (SSSR count). The van der Waals surface area contributed by atoms with Crippen LogP contribution in [0.25, 0.3) is 12.2 Å². The Balaban J connectivity index is 2.57. The van der Waals surface area contributed by atoms with E-state index in [0.29, 0.717) is 0 Å². The number of benzene rings is 1. The third-order valence-electron chi connectivity index (χ3n) is 2.50. The summed E-state index contributed by atoms with van der Waals surface area (Å²) in [6.45, 7) is 1.84. The lowest BCUT2D eigenvalue weighted by Crippen LogP contribution is -2.22. The van der Waals surface area contributed by atoms with E-state index < -0.39 is 0 Å². The second kappa shape index (κ2) is 3.73. The van der Waals surface area contributed by atoms with E-state index in [0.717, 1.165) is 16.7 Å². The summed E-state index contributed by atoms with van der Waals surface area (Å²) < 4.78 is 0. The molecule has 0 aliphatic carbocycles. The van der Waals surface area contributed by atoms with Gasteiger partial charge in [-0.2, -0.15) is 0 Å². The monoisotopic (exact) mass is 199 g/mol. The second-order valence-electron chi connectivity index (χ2n) is 3.69. The molecule has 2 heteroatoms. The highest BCUT2D eigenvalue weighted by atomic mass is 16.2. The Hall–Kier alpha value is -1.83. The number of carbonyl (C=O) groups is 1. The van der Waals surface area contributed by atoms with Crippen molar-refractivity contribution >= 4 is 18.1 Å². The molecule has 0 radical (unpaired) electrons. The zero-order valence-corrected chi connectivity index (χ0v) is 8.90. The zero-order valence-electron chi connectivity index (χ0n) is 8.90. The van der Waals surface area contributed by atoms with E-state index >= 15 is 0 Å². The smallest absolute Gasteiger partial charge is 0.253 e. The minimum absolute atomic E-state index is 0.0424. The summed E-state index contributed by atoms with van der Waals surface area (Å²) in [6, 6.07) is 8.03. The van der Waals surface area contributed by atoms with E-state index in [1.807, 2.05) is 43.3 Å². The van der Waals surface area contributed by atoms with Gasteiger partial charge in [0.05, 0.1) is 0 Å². The van der Waals surface area contributed by atoms with E-state index in [-0.39, 0.29) is 5.91 Å². The van der Waals surface area contributed by atoms with E-state index in [1.165, 1.54) is 0 Å². The molecule has 0 N–H and O–H groups in total. The number of carbonyl (C=O) groups excluding carboxylic acids is 1. The first-order valence-corrected chi connectivity index (χ1v) is 4.91. The van der Waals surface area contributed by atoms with Crippen LogP contribution < -0.4 is 0 Å². The quantitative estimate of drug-likeness (QED) is 0.628. The molecule has 1 aromatic carbocycles. The number of rotatable bonds is 0. The third-order valence-corrected chi connectivity index (χ3v) is 2.50. The van der Waals surface area contributed by atoms with Gasteiger partial charge >= 0.3 is 0 Å². The number of fused-ring (bicyclic) bond motifs is 1. The first kappa shape index (κ1) is 9.71. The summed E-state index contributed by atoms with van der Waals surface area (Å²) in [7, 11) is 1.77. The topological polar surface area (TPSA) is 20.3 Å². The number of likely N-dealkylation sites (N-methyl/N-ethyl adjacent to an activating group) is 1. The predicted octanol–water partition coefficient (Wildman–Crippen LogP) is 2.53. The lowest BCUT2D eigenvalue weighted by Gasteiger charge is -2.15. The van der Waals surface area contributed by atoms with Gasteiger partial charge in [0.25, 0.3) is 5.91 Å². The molecular formula is C13H13NO. The number of amides is 1. The lowest BCUT2D eigenvalue weighted by molar-refractivity contribution is -0.123. The maximum atomic E-state index is 11.7. The number of hydrogen-bond acceptors (Lipinski definition) is 1. The fraction of sp³-hybridized carbons (Fsp3) is 0.154. The minimum atomic E-state index is 0.0424. The van der Waals surface area contributed by atoms with Crippen molar-refractivity contribution < 1.29 is 4.79 Å². The molecule has 1 aliphatic rings. The third kappa shape index (κ3) is 1.84. The van der Waals surface area contributed by atoms with Crippen molar-refractivity contribution in [2.24, 2.45) is 0 Å². The highest BCUT2D eigenvalue weighted by molar-refractivity contribution is 5.99. The van der Waals surface area contributed by atoms with Crippen molar-refractivity contribution in [3.8, 4) is 0 Å². The summed E-state index contributed by atoms with van der Waals surface area (Å²) in [5.41, 5.74) is 2.98. The van der Waals surface area contributed by atoms with Crippen LogP contribution in [-0.2, 0) is 4.79 Å². The fourth-order valence-electron chi connectivity index (χ4n) is 1.63. The molecule has 76 valence electrons. The van der Waals surface area contributed by atoms with Gasteiger partial charge in [-0.25, -0.2) is 0 Å². The maximum absolute atomic E-state index is 11.7. The Labute approximate surface area is 89.5 Å². The van der Waals surface area contributed by atoms with Gasteiger partial charge < -0.3 is 4.90 Å². The van der Waals surface area contributed by atoms with Crippen LogP contribution in [0.1, 0.15) is 18.1 Å². The average Bonchev–Trinajstić information content (AvgIpc) is 2.25. The van der Waals surface area contributed by atoms with Gasteiger partial charge in [-0.05, 0) is 30.2 Å². The van der Waals surface area contributed by atoms with Crippen LogP contribution >= 0.6 is 0 Å². The van der Waals surface area contributed by atoms with Crippen LogP contribution in [0.4, 0.5) is 0 Å². The van der Waals surface area contributed by atoms with E-state index in [9.17, 15) is 4.79 Å². The van der Waals surface area contributed by atoms with Crippen LogP contribution in [0.15, 0.2) is 36.0 Å². The Kier molecular flexibility index (Phi) is 2.42. The Morgan fingerprint density at radius 3 is 2.53 bits per heavy atom. The molecule has 0 aromatic heterocycles. The van der Waals surface area contributed by atoms with E-state index in [1.54, 1.807) is 18.1 Å². The van der Waals surface area contributed by atoms with Gasteiger partial charge in [-0.3, -0.25) is 4.79 Å². The molecule has 0 fully saturated rings. The Morgan fingerprint density at radius 1 is 1.13 bits per heavy atom. The molecule has 0 saturated heterocycles. The van der Waals surface area contributed by atoms with Crippen molar-refractivity contribution in [3.63, 3.8) is 0 Å². The van der Waals surface area contributed by atoms with Gasteiger partial charge in [0, 0.05) is 18.8 Å². The van der Waals surface area contributed by atoms with E-state index in [2.05, 4.69) is 0 Å². The Bertz CT molecular complexity index is 457. The minimum Gasteiger partial charge on any atom is -0.318 e. The molecule has 15 heavy (non-hydrogen) atoms. The van der Waals surface area contributed by atoms with Crippen molar-refractivity contribution in [1.82, 2.24) is 4.90 Å². The lowest BCUT2D eigenvalue weighted by atomic mass is 10.0. The van der Waals surface area contributed by atoms with Crippen molar-refractivity contribution in [2.75, 3.05) is 7.05 Å².